The van der Waals surface area contributed by atoms with Crippen LogP contribution in [0.5, 0.6) is 0 Å². The first kappa shape index (κ1) is 23.3. The van der Waals surface area contributed by atoms with E-state index in [9.17, 15) is 14.4 Å². The number of aryl methyl sites for hydroxylation is 3. The molecule has 34 heavy (non-hydrogen) atoms. The second-order valence-corrected chi connectivity index (χ2v) is 8.95. The predicted octanol–water partition coefficient (Wildman–Crippen LogP) is 5.29. The molecule has 0 aliphatic heterocycles. The monoisotopic (exact) mass is 518 g/mol. The summed E-state index contributed by atoms with van der Waals surface area (Å²) < 4.78 is 2.15. The number of nitrogens with zero attached hydrogens (tertiary/aromatic N) is 1. The van der Waals surface area contributed by atoms with Crippen LogP contribution in [-0.4, -0.2) is 22.4 Å². The largest absolute Gasteiger partial charge is 0.328 e. The third kappa shape index (κ3) is 4.87. The molecule has 1 heterocycles. The second kappa shape index (κ2) is 9.52. The second-order valence-electron chi connectivity index (χ2n) is 8.03. The molecule has 0 atom stereocenters. The van der Waals surface area contributed by atoms with Crippen molar-refractivity contribution in [3.05, 3.63) is 93.6 Å². The van der Waals surface area contributed by atoms with Crippen LogP contribution in [0.15, 0.2) is 71.2 Å². The zero-order valence-electron chi connectivity index (χ0n) is 18.9. The number of anilines is 2. The van der Waals surface area contributed by atoms with E-state index < -0.39 is 17.7 Å². The van der Waals surface area contributed by atoms with Crippen LogP contribution in [0.3, 0.4) is 0 Å². The molecule has 0 spiro atoms. The minimum absolute atomic E-state index is 0.184. The molecule has 0 saturated carbocycles. The molecular formula is C26H23BrN4O3. The lowest BCUT2D eigenvalue weighted by molar-refractivity contribution is -0.133. The maximum Gasteiger partial charge on any atom is 0.328 e. The summed E-state index contributed by atoms with van der Waals surface area (Å²) >= 11 is 3.43. The first-order valence-electron chi connectivity index (χ1n) is 10.6. The van der Waals surface area contributed by atoms with Gasteiger partial charge in [0.05, 0.1) is 5.52 Å². The molecule has 0 aliphatic carbocycles. The first-order chi connectivity index (χ1) is 16.2. The van der Waals surface area contributed by atoms with Crippen LogP contribution in [0.25, 0.3) is 10.9 Å². The van der Waals surface area contributed by atoms with E-state index in [4.69, 9.17) is 0 Å². The van der Waals surface area contributed by atoms with E-state index in [0.29, 0.717) is 16.9 Å². The van der Waals surface area contributed by atoms with Gasteiger partial charge in [0, 0.05) is 21.2 Å². The standard InChI is InChI=1S/C26H23BrN4O3/c1-15-8-10-20(12-17(15)3)28-25(33)26(34)30-31-22-11-9-19(27)13-18(22)14-23(31)24(32)29-21-7-5-4-6-16(21)2/h4-14H,1-3H3,(H,28,33)(H,29,32)(H,30,34). The van der Waals surface area contributed by atoms with Crippen molar-refractivity contribution in [1.29, 1.82) is 0 Å². The van der Waals surface area contributed by atoms with Crippen molar-refractivity contribution in [2.75, 3.05) is 16.1 Å². The Morgan fingerprint density at radius 1 is 0.765 bits per heavy atom. The van der Waals surface area contributed by atoms with E-state index in [1.807, 2.05) is 51.1 Å². The SMILES string of the molecule is Cc1ccc(NC(=O)C(=O)Nn2c(C(=O)Nc3ccccc3C)cc3cc(Br)ccc32)cc1C. The number of aromatic nitrogens is 1. The Bertz CT molecular complexity index is 1440. The molecule has 0 bridgehead atoms. The number of amides is 3. The van der Waals surface area contributed by atoms with Gasteiger partial charge < -0.3 is 10.6 Å². The number of carbonyl (C=O) groups is 3. The van der Waals surface area contributed by atoms with E-state index in [0.717, 1.165) is 26.5 Å². The molecular weight excluding hydrogens is 496 g/mol. The highest BCUT2D eigenvalue weighted by Crippen LogP contribution is 2.24. The predicted molar refractivity (Wildman–Crippen MR) is 138 cm³/mol. The number of halogens is 1. The smallest absolute Gasteiger partial charge is 0.320 e. The summed E-state index contributed by atoms with van der Waals surface area (Å²) in [5.41, 5.74) is 7.48. The number of para-hydroxylation sites is 1. The van der Waals surface area contributed by atoms with Crippen molar-refractivity contribution in [2.45, 2.75) is 20.8 Å². The third-order valence-electron chi connectivity index (χ3n) is 5.57. The topological polar surface area (TPSA) is 92.2 Å². The van der Waals surface area contributed by atoms with Crippen LogP contribution >= 0.6 is 15.9 Å². The molecule has 7 nitrogen and oxygen atoms in total. The molecule has 4 aromatic rings. The Morgan fingerprint density at radius 3 is 2.26 bits per heavy atom. The number of hydrogen-bond donors (Lipinski definition) is 3. The molecule has 0 fully saturated rings. The van der Waals surface area contributed by atoms with Gasteiger partial charge in [-0.25, -0.2) is 4.68 Å². The van der Waals surface area contributed by atoms with Gasteiger partial charge in [-0.2, -0.15) is 0 Å². The highest BCUT2D eigenvalue weighted by atomic mass is 79.9. The Morgan fingerprint density at radius 2 is 1.53 bits per heavy atom. The maximum absolute atomic E-state index is 13.2. The summed E-state index contributed by atoms with van der Waals surface area (Å²) in [5, 5.41) is 6.20. The van der Waals surface area contributed by atoms with Gasteiger partial charge in [-0.15, -0.1) is 0 Å². The van der Waals surface area contributed by atoms with E-state index in [1.54, 1.807) is 36.4 Å². The maximum atomic E-state index is 13.2. The van der Waals surface area contributed by atoms with E-state index >= 15 is 0 Å². The Hall–Kier alpha value is -3.91. The fourth-order valence-corrected chi connectivity index (χ4v) is 3.91. The molecule has 3 amide bonds. The average Bonchev–Trinajstić information content (AvgIpc) is 3.15. The molecule has 172 valence electrons. The van der Waals surface area contributed by atoms with Crippen LogP contribution in [0, 0.1) is 20.8 Å². The minimum atomic E-state index is -0.899. The molecule has 0 aliphatic rings. The number of carbonyl (C=O) groups excluding carboxylic acids is 3. The number of benzene rings is 3. The molecule has 3 N–H and O–H groups in total. The highest BCUT2D eigenvalue weighted by molar-refractivity contribution is 9.10. The van der Waals surface area contributed by atoms with Gasteiger partial charge in [0.15, 0.2) is 0 Å². The molecule has 3 aromatic carbocycles. The zero-order valence-corrected chi connectivity index (χ0v) is 20.5. The number of nitrogens with one attached hydrogen (secondary N) is 3. The van der Waals surface area contributed by atoms with Crippen molar-refractivity contribution in [3.63, 3.8) is 0 Å². The fourth-order valence-electron chi connectivity index (χ4n) is 3.53. The van der Waals surface area contributed by atoms with Crippen molar-refractivity contribution >= 4 is 55.9 Å². The average molecular weight is 519 g/mol. The summed E-state index contributed by atoms with van der Waals surface area (Å²) in [7, 11) is 0. The number of hydrogen-bond acceptors (Lipinski definition) is 3. The van der Waals surface area contributed by atoms with Gasteiger partial charge in [-0.05, 0) is 79.9 Å². The van der Waals surface area contributed by atoms with Crippen LogP contribution < -0.4 is 16.1 Å². The number of fused-ring (bicyclic) bond motifs is 1. The van der Waals surface area contributed by atoms with Crippen LogP contribution in [0.2, 0.25) is 0 Å². The van der Waals surface area contributed by atoms with E-state index in [2.05, 4.69) is 32.0 Å². The highest BCUT2D eigenvalue weighted by Gasteiger charge is 2.21. The molecule has 0 saturated heterocycles. The normalized spacial score (nSPS) is 10.7. The van der Waals surface area contributed by atoms with Gasteiger partial charge in [-0.3, -0.25) is 19.8 Å². The summed E-state index contributed by atoms with van der Waals surface area (Å²) in [4.78, 5) is 38.5. The van der Waals surface area contributed by atoms with Crippen LogP contribution in [-0.2, 0) is 9.59 Å². The molecule has 4 rings (SSSR count). The van der Waals surface area contributed by atoms with E-state index in [-0.39, 0.29) is 5.69 Å². The van der Waals surface area contributed by atoms with E-state index in [1.165, 1.54) is 4.68 Å². The van der Waals surface area contributed by atoms with Gasteiger partial charge in [0.2, 0.25) is 0 Å². The summed E-state index contributed by atoms with van der Waals surface area (Å²) in [6.07, 6.45) is 0. The Labute approximate surface area is 205 Å². The van der Waals surface area contributed by atoms with Gasteiger partial charge in [-0.1, -0.05) is 40.2 Å². The summed E-state index contributed by atoms with van der Waals surface area (Å²) in [5.74, 6) is -2.16. The Kier molecular flexibility index (Phi) is 6.51. The Balaban J connectivity index is 1.63. The van der Waals surface area contributed by atoms with Crippen LogP contribution in [0.4, 0.5) is 11.4 Å². The van der Waals surface area contributed by atoms with Gasteiger partial charge in [0.1, 0.15) is 5.69 Å². The summed E-state index contributed by atoms with van der Waals surface area (Å²) in [6, 6.07) is 19.8. The minimum Gasteiger partial charge on any atom is -0.320 e. The molecule has 8 heteroatoms. The summed E-state index contributed by atoms with van der Waals surface area (Å²) in [6.45, 7) is 5.78. The first-order valence-corrected chi connectivity index (χ1v) is 11.4. The lowest BCUT2D eigenvalue weighted by Crippen LogP contribution is -2.36. The molecule has 0 radical (unpaired) electrons. The lowest BCUT2D eigenvalue weighted by atomic mass is 10.1. The van der Waals surface area contributed by atoms with Crippen molar-refractivity contribution < 1.29 is 14.4 Å². The molecule has 1 aromatic heterocycles. The fraction of sp³-hybridized carbons (Fsp3) is 0.115. The zero-order chi connectivity index (χ0) is 24.4. The van der Waals surface area contributed by atoms with Gasteiger partial charge in [0.25, 0.3) is 5.91 Å². The quantitative estimate of drug-likeness (QED) is 0.320. The van der Waals surface area contributed by atoms with Crippen LogP contribution in [0.1, 0.15) is 27.2 Å². The van der Waals surface area contributed by atoms with Crippen molar-refractivity contribution in [2.24, 2.45) is 0 Å². The molecule has 0 unspecified atom stereocenters. The third-order valence-corrected chi connectivity index (χ3v) is 6.07. The lowest BCUT2D eigenvalue weighted by Gasteiger charge is -2.14. The van der Waals surface area contributed by atoms with Crippen molar-refractivity contribution in [3.8, 4) is 0 Å². The van der Waals surface area contributed by atoms with Gasteiger partial charge >= 0.3 is 11.8 Å². The number of rotatable bonds is 4. The van der Waals surface area contributed by atoms with Crippen molar-refractivity contribution in [1.82, 2.24) is 4.68 Å².